The molecular formula is C12H12N4O2S2. The fourth-order valence-corrected chi connectivity index (χ4v) is 2.90. The Morgan fingerprint density at radius 1 is 1.35 bits per heavy atom. The first-order chi connectivity index (χ1) is 9.56. The van der Waals surface area contributed by atoms with E-state index in [1.54, 1.807) is 25.4 Å². The summed E-state index contributed by atoms with van der Waals surface area (Å²) >= 11 is 2.43. The lowest BCUT2D eigenvalue weighted by Gasteiger charge is -2.00. The minimum Gasteiger partial charge on any atom is -0.301 e. The first-order valence-corrected chi connectivity index (χ1v) is 7.54. The third-order valence-electron chi connectivity index (χ3n) is 2.24. The van der Waals surface area contributed by atoms with Crippen LogP contribution in [-0.4, -0.2) is 32.4 Å². The molecule has 0 radical (unpaired) electrons. The molecular weight excluding hydrogens is 296 g/mol. The van der Waals surface area contributed by atoms with Gasteiger partial charge in [-0.25, -0.2) is 15.0 Å². The van der Waals surface area contributed by atoms with Crippen molar-refractivity contribution in [3.63, 3.8) is 0 Å². The van der Waals surface area contributed by atoms with Gasteiger partial charge in [0.1, 0.15) is 0 Å². The van der Waals surface area contributed by atoms with Crippen LogP contribution in [0.1, 0.15) is 22.3 Å². The van der Waals surface area contributed by atoms with Crippen LogP contribution in [-0.2, 0) is 4.79 Å². The number of carbonyl (C=O) groups excluding carboxylic acids is 2. The van der Waals surface area contributed by atoms with Crippen LogP contribution in [0.3, 0.4) is 0 Å². The molecule has 0 fully saturated rings. The van der Waals surface area contributed by atoms with Crippen LogP contribution in [0.4, 0.5) is 5.13 Å². The van der Waals surface area contributed by atoms with Crippen molar-refractivity contribution in [2.75, 3.05) is 11.1 Å². The van der Waals surface area contributed by atoms with Gasteiger partial charge in [-0.1, -0.05) is 23.1 Å². The van der Waals surface area contributed by atoms with Gasteiger partial charge in [-0.2, -0.15) is 0 Å². The SMILES string of the molecule is CC(=O)c1sc(NC(=O)CSc2ncccn2)nc1C. The second-order valence-corrected chi connectivity index (χ2v) is 5.80. The van der Waals surface area contributed by atoms with E-state index < -0.39 is 0 Å². The van der Waals surface area contributed by atoms with Crippen molar-refractivity contribution in [3.8, 4) is 0 Å². The highest BCUT2D eigenvalue weighted by Gasteiger charge is 2.13. The average molecular weight is 308 g/mol. The number of amides is 1. The molecule has 2 heterocycles. The molecule has 0 atom stereocenters. The smallest absolute Gasteiger partial charge is 0.236 e. The molecule has 104 valence electrons. The summed E-state index contributed by atoms with van der Waals surface area (Å²) in [6.07, 6.45) is 3.24. The van der Waals surface area contributed by atoms with Crippen LogP contribution in [0.15, 0.2) is 23.6 Å². The quantitative estimate of drug-likeness (QED) is 0.518. The molecule has 1 N–H and O–H groups in total. The molecule has 0 aromatic carbocycles. The summed E-state index contributed by atoms with van der Waals surface area (Å²) < 4.78 is 0. The Kier molecular flexibility index (Phi) is 4.80. The van der Waals surface area contributed by atoms with Crippen molar-refractivity contribution in [2.45, 2.75) is 19.0 Å². The van der Waals surface area contributed by atoms with Crippen molar-refractivity contribution in [3.05, 3.63) is 29.0 Å². The van der Waals surface area contributed by atoms with Gasteiger partial charge in [0, 0.05) is 19.3 Å². The number of nitrogens with one attached hydrogen (secondary N) is 1. The van der Waals surface area contributed by atoms with E-state index >= 15 is 0 Å². The highest BCUT2D eigenvalue weighted by Crippen LogP contribution is 2.23. The zero-order valence-corrected chi connectivity index (χ0v) is 12.5. The molecule has 20 heavy (non-hydrogen) atoms. The second kappa shape index (κ2) is 6.58. The number of hydrogen-bond acceptors (Lipinski definition) is 7. The number of Topliss-reactive ketones (excluding diaryl/α,β-unsaturated/α-hetero) is 1. The summed E-state index contributed by atoms with van der Waals surface area (Å²) in [6.45, 7) is 3.23. The molecule has 0 aliphatic rings. The van der Waals surface area contributed by atoms with Gasteiger partial charge in [0.05, 0.1) is 16.3 Å². The molecule has 2 rings (SSSR count). The van der Waals surface area contributed by atoms with E-state index in [9.17, 15) is 9.59 Å². The van der Waals surface area contributed by atoms with Crippen molar-refractivity contribution in [1.82, 2.24) is 15.0 Å². The Hall–Kier alpha value is -1.80. The summed E-state index contributed by atoms with van der Waals surface area (Å²) in [6, 6.07) is 1.71. The summed E-state index contributed by atoms with van der Waals surface area (Å²) in [5.74, 6) is -0.0585. The fraction of sp³-hybridized carbons (Fsp3) is 0.250. The second-order valence-electron chi connectivity index (χ2n) is 3.86. The third kappa shape index (κ3) is 3.84. The lowest BCUT2D eigenvalue weighted by Crippen LogP contribution is -2.14. The first-order valence-electron chi connectivity index (χ1n) is 5.74. The number of ketones is 1. The highest BCUT2D eigenvalue weighted by molar-refractivity contribution is 7.99. The van der Waals surface area contributed by atoms with Gasteiger partial charge in [-0.3, -0.25) is 9.59 Å². The molecule has 0 saturated heterocycles. The van der Waals surface area contributed by atoms with Crippen LogP contribution in [0, 0.1) is 6.92 Å². The molecule has 8 heteroatoms. The molecule has 0 aliphatic carbocycles. The predicted octanol–water partition coefficient (Wildman–Crippen LogP) is 2.17. The standard InChI is InChI=1S/C12H12N4O2S2/c1-7-10(8(2)17)20-12(15-7)16-9(18)6-19-11-13-4-3-5-14-11/h3-5H,6H2,1-2H3,(H,15,16,18). The van der Waals surface area contributed by atoms with Gasteiger partial charge >= 0.3 is 0 Å². The molecule has 0 unspecified atom stereocenters. The van der Waals surface area contributed by atoms with Gasteiger partial charge in [0.25, 0.3) is 0 Å². The topological polar surface area (TPSA) is 84.8 Å². The minimum absolute atomic E-state index is 0.0486. The van der Waals surface area contributed by atoms with E-state index in [0.717, 1.165) is 0 Å². The Labute approximate surface area is 124 Å². The molecule has 2 aromatic heterocycles. The van der Waals surface area contributed by atoms with E-state index in [0.29, 0.717) is 20.9 Å². The van der Waals surface area contributed by atoms with Crippen LogP contribution in [0.2, 0.25) is 0 Å². The number of carbonyl (C=O) groups is 2. The van der Waals surface area contributed by atoms with Crippen LogP contribution in [0.5, 0.6) is 0 Å². The lowest BCUT2D eigenvalue weighted by atomic mass is 10.3. The van der Waals surface area contributed by atoms with E-state index in [1.807, 2.05) is 0 Å². The van der Waals surface area contributed by atoms with Crippen LogP contribution < -0.4 is 5.32 Å². The first kappa shape index (κ1) is 14.6. The van der Waals surface area contributed by atoms with E-state index in [2.05, 4.69) is 20.3 Å². The highest BCUT2D eigenvalue weighted by atomic mass is 32.2. The molecule has 2 aromatic rings. The normalized spacial score (nSPS) is 10.3. The van der Waals surface area contributed by atoms with Gasteiger partial charge in [0.15, 0.2) is 16.1 Å². The van der Waals surface area contributed by atoms with Crippen molar-refractivity contribution >= 4 is 39.9 Å². The summed E-state index contributed by atoms with van der Waals surface area (Å²) in [4.78, 5) is 35.8. The van der Waals surface area contributed by atoms with Gasteiger partial charge in [0.2, 0.25) is 5.91 Å². The average Bonchev–Trinajstić information content (AvgIpc) is 2.78. The Balaban J connectivity index is 1.92. The zero-order chi connectivity index (χ0) is 14.5. The van der Waals surface area contributed by atoms with Crippen molar-refractivity contribution in [2.24, 2.45) is 0 Å². The Morgan fingerprint density at radius 2 is 2.05 bits per heavy atom. The lowest BCUT2D eigenvalue weighted by molar-refractivity contribution is -0.113. The van der Waals surface area contributed by atoms with E-state index in [1.165, 1.54) is 30.0 Å². The number of nitrogens with zero attached hydrogens (tertiary/aromatic N) is 3. The summed E-state index contributed by atoms with van der Waals surface area (Å²) in [7, 11) is 0. The number of aryl methyl sites for hydroxylation is 1. The molecule has 0 bridgehead atoms. The maximum atomic E-state index is 11.8. The predicted molar refractivity (Wildman–Crippen MR) is 78.2 cm³/mol. The summed E-state index contributed by atoms with van der Waals surface area (Å²) in [5, 5.41) is 3.65. The monoisotopic (exact) mass is 308 g/mol. The van der Waals surface area contributed by atoms with E-state index in [4.69, 9.17) is 0 Å². The van der Waals surface area contributed by atoms with Gasteiger partial charge in [-0.15, -0.1) is 0 Å². The van der Waals surface area contributed by atoms with Crippen LogP contribution >= 0.6 is 23.1 Å². The number of thiazole rings is 1. The molecule has 0 aliphatic heterocycles. The molecule has 1 amide bonds. The van der Waals surface area contributed by atoms with Crippen molar-refractivity contribution in [1.29, 1.82) is 0 Å². The summed E-state index contributed by atoms with van der Waals surface area (Å²) in [5.41, 5.74) is 0.636. The third-order valence-corrected chi connectivity index (χ3v) is 4.29. The number of rotatable bonds is 5. The molecule has 6 nitrogen and oxygen atoms in total. The van der Waals surface area contributed by atoms with Crippen molar-refractivity contribution < 1.29 is 9.59 Å². The number of anilines is 1. The van der Waals surface area contributed by atoms with E-state index in [-0.39, 0.29) is 17.4 Å². The largest absolute Gasteiger partial charge is 0.301 e. The van der Waals surface area contributed by atoms with Gasteiger partial charge in [-0.05, 0) is 13.0 Å². The van der Waals surface area contributed by atoms with Gasteiger partial charge < -0.3 is 5.32 Å². The minimum atomic E-state index is -0.202. The zero-order valence-electron chi connectivity index (χ0n) is 10.9. The number of hydrogen-bond donors (Lipinski definition) is 1. The van der Waals surface area contributed by atoms with Crippen LogP contribution in [0.25, 0.3) is 0 Å². The Morgan fingerprint density at radius 3 is 2.65 bits per heavy atom. The maximum Gasteiger partial charge on any atom is 0.236 e. The number of thioether (sulfide) groups is 1. The number of aromatic nitrogens is 3. The fourth-order valence-electron chi connectivity index (χ4n) is 1.42. The molecule has 0 spiro atoms. The maximum absolute atomic E-state index is 11.8. The Bertz CT molecular complexity index is 628. The molecule has 0 saturated carbocycles.